The molecule has 0 aromatic carbocycles. The van der Waals surface area contributed by atoms with Crippen molar-refractivity contribution >= 4 is 11.9 Å². The van der Waals surface area contributed by atoms with Gasteiger partial charge in [0.1, 0.15) is 0 Å². The van der Waals surface area contributed by atoms with E-state index in [1.165, 1.54) is 32.1 Å². The quantitative estimate of drug-likeness (QED) is 0.306. The molecule has 4 N–H and O–H groups in total. The Bertz CT molecular complexity index is 249. The molecule has 6 heteroatoms. The molecule has 132 valence electrons. The van der Waals surface area contributed by atoms with Crippen molar-refractivity contribution in [2.75, 3.05) is 0 Å². The Labute approximate surface area is 133 Å². The SMILES string of the molecule is CCCCCCCCCC(O)O.O=C(O)CCCCC(=O)O. The van der Waals surface area contributed by atoms with Crippen LogP contribution in [0, 0.1) is 0 Å². The topological polar surface area (TPSA) is 115 Å². The fourth-order valence-electron chi connectivity index (χ4n) is 1.84. The fourth-order valence-corrected chi connectivity index (χ4v) is 1.84. The second kappa shape index (κ2) is 17.9. The highest BCUT2D eigenvalue weighted by molar-refractivity contribution is 5.67. The van der Waals surface area contributed by atoms with Gasteiger partial charge in [0.2, 0.25) is 0 Å². The summed E-state index contributed by atoms with van der Waals surface area (Å²) in [7, 11) is 0. The predicted molar refractivity (Wildman–Crippen MR) is 84.6 cm³/mol. The number of rotatable bonds is 13. The Morgan fingerprint density at radius 2 is 1.14 bits per heavy atom. The van der Waals surface area contributed by atoms with Gasteiger partial charge in [-0.25, -0.2) is 0 Å². The summed E-state index contributed by atoms with van der Waals surface area (Å²) in [6.45, 7) is 2.21. The minimum absolute atomic E-state index is 0.0628. The highest BCUT2D eigenvalue weighted by Crippen LogP contribution is 2.08. The molecule has 0 radical (unpaired) electrons. The molecule has 0 bridgehead atoms. The van der Waals surface area contributed by atoms with Crippen LogP contribution in [0.4, 0.5) is 0 Å². The molecule has 0 heterocycles. The van der Waals surface area contributed by atoms with Crippen LogP contribution in [0.25, 0.3) is 0 Å². The monoisotopic (exact) mass is 320 g/mol. The van der Waals surface area contributed by atoms with Crippen LogP contribution in [0.15, 0.2) is 0 Å². The molecule has 0 fully saturated rings. The van der Waals surface area contributed by atoms with Crippen LogP contribution in [0.2, 0.25) is 0 Å². The molecule has 0 saturated heterocycles. The summed E-state index contributed by atoms with van der Waals surface area (Å²) in [5, 5.41) is 33.4. The van der Waals surface area contributed by atoms with Crippen molar-refractivity contribution in [1.82, 2.24) is 0 Å². The number of aliphatic hydroxyl groups is 2. The Kier molecular flexibility index (Phi) is 18.8. The van der Waals surface area contributed by atoms with E-state index in [-0.39, 0.29) is 12.8 Å². The van der Waals surface area contributed by atoms with Crippen molar-refractivity contribution in [2.24, 2.45) is 0 Å². The van der Waals surface area contributed by atoms with Crippen molar-refractivity contribution in [3.63, 3.8) is 0 Å². The van der Waals surface area contributed by atoms with Crippen LogP contribution in [-0.4, -0.2) is 38.7 Å². The maximum Gasteiger partial charge on any atom is 0.303 e. The lowest BCUT2D eigenvalue weighted by Gasteiger charge is -2.02. The van der Waals surface area contributed by atoms with E-state index in [2.05, 4.69) is 6.92 Å². The summed E-state index contributed by atoms with van der Waals surface area (Å²) in [5.41, 5.74) is 0. The molecule has 0 aromatic heterocycles. The normalized spacial score (nSPS) is 10.2. The molecule has 22 heavy (non-hydrogen) atoms. The van der Waals surface area contributed by atoms with Crippen molar-refractivity contribution < 1.29 is 30.0 Å². The van der Waals surface area contributed by atoms with Gasteiger partial charge in [0.25, 0.3) is 0 Å². The van der Waals surface area contributed by atoms with Crippen LogP contribution < -0.4 is 0 Å². The minimum Gasteiger partial charge on any atom is -0.481 e. The Morgan fingerprint density at radius 3 is 1.50 bits per heavy atom. The molecule has 0 rings (SSSR count). The number of carboxylic acid groups (broad SMARTS) is 2. The summed E-state index contributed by atoms with van der Waals surface area (Å²) in [5.74, 6) is -1.74. The van der Waals surface area contributed by atoms with E-state index in [0.717, 1.165) is 12.8 Å². The van der Waals surface area contributed by atoms with Gasteiger partial charge >= 0.3 is 11.9 Å². The van der Waals surface area contributed by atoms with E-state index in [1.807, 2.05) is 0 Å². The van der Waals surface area contributed by atoms with Crippen molar-refractivity contribution in [3.05, 3.63) is 0 Å². The zero-order valence-electron chi connectivity index (χ0n) is 13.7. The first kappa shape index (κ1) is 23.1. The minimum atomic E-state index is -1.10. The highest BCUT2D eigenvalue weighted by Gasteiger charge is 1.99. The first-order valence-corrected chi connectivity index (χ1v) is 8.19. The molecular formula is C16H32O6. The third-order valence-corrected chi connectivity index (χ3v) is 3.10. The number of unbranched alkanes of at least 4 members (excludes halogenated alkanes) is 7. The summed E-state index contributed by atoms with van der Waals surface area (Å²) in [6, 6.07) is 0. The maximum atomic E-state index is 9.90. The van der Waals surface area contributed by atoms with Gasteiger partial charge in [-0.15, -0.1) is 0 Å². The molecule has 0 amide bonds. The fraction of sp³-hybridized carbons (Fsp3) is 0.875. The third kappa shape index (κ3) is 27.2. The lowest BCUT2D eigenvalue weighted by atomic mass is 10.1. The van der Waals surface area contributed by atoms with Crippen molar-refractivity contribution in [2.45, 2.75) is 90.3 Å². The van der Waals surface area contributed by atoms with Gasteiger partial charge in [-0.2, -0.15) is 0 Å². The molecule has 0 spiro atoms. The van der Waals surface area contributed by atoms with E-state index < -0.39 is 18.2 Å². The van der Waals surface area contributed by atoms with Gasteiger partial charge in [0.05, 0.1) is 0 Å². The van der Waals surface area contributed by atoms with Gasteiger partial charge in [-0.05, 0) is 25.7 Å². The van der Waals surface area contributed by atoms with E-state index in [0.29, 0.717) is 19.3 Å². The average Bonchev–Trinajstić information content (AvgIpc) is 2.43. The molecule has 0 aliphatic heterocycles. The summed E-state index contributed by atoms with van der Waals surface area (Å²) in [6.07, 6.45) is 9.04. The van der Waals surface area contributed by atoms with Gasteiger partial charge in [0, 0.05) is 12.8 Å². The van der Waals surface area contributed by atoms with E-state index in [1.54, 1.807) is 0 Å². The standard InChI is InChI=1S/C10H22O2.C6H10O4/c1-2-3-4-5-6-7-8-9-10(11)12;7-5(8)3-1-2-4-6(9)10/h10-12H,2-9H2,1H3;1-4H2,(H,7,8)(H,9,10). The lowest BCUT2D eigenvalue weighted by molar-refractivity contribution is -0.139. The largest absolute Gasteiger partial charge is 0.481 e. The van der Waals surface area contributed by atoms with Crippen LogP contribution in [-0.2, 0) is 9.59 Å². The smallest absolute Gasteiger partial charge is 0.303 e. The number of carboxylic acids is 2. The average molecular weight is 320 g/mol. The molecule has 6 nitrogen and oxygen atoms in total. The van der Waals surface area contributed by atoms with Crippen LogP contribution in [0.5, 0.6) is 0 Å². The molecule has 0 saturated carbocycles. The van der Waals surface area contributed by atoms with E-state index in [9.17, 15) is 9.59 Å². The summed E-state index contributed by atoms with van der Waals surface area (Å²) < 4.78 is 0. The molecule has 0 aliphatic carbocycles. The Balaban J connectivity index is 0. The van der Waals surface area contributed by atoms with Crippen molar-refractivity contribution in [3.8, 4) is 0 Å². The van der Waals surface area contributed by atoms with Gasteiger partial charge in [-0.3, -0.25) is 9.59 Å². The number of hydrogen-bond donors (Lipinski definition) is 4. The number of aliphatic hydroxyl groups excluding tert-OH is 1. The molecule has 0 atom stereocenters. The maximum absolute atomic E-state index is 9.90. The number of aliphatic carboxylic acids is 2. The predicted octanol–water partition coefficient (Wildman–Crippen LogP) is 3.15. The van der Waals surface area contributed by atoms with Crippen molar-refractivity contribution in [1.29, 1.82) is 0 Å². The molecule has 0 aliphatic rings. The molecule has 0 unspecified atom stereocenters. The third-order valence-electron chi connectivity index (χ3n) is 3.10. The first-order valence-electron chi connectivity index (χ1n) is 8.19. The van der Waals surface area contributed by atoms with Crippen LogP contribution >= 0.6 is 0 Å². The Morgan fingerprint density at radius 1 is 0.727 bits per heavy atom. The summed E-state index contributed by atoms with van der Waals surface area (Å²) >= 11 is 0. The molecule has 0 aromatic rings. The second-order valence-electron chi connectivity index (χ2n) is 5.39. The van der Waals surface area contributed by atoms with Gasteiger partial charge < -0.3 is 20.4 Å². The van der Waals surface area contributed by atoms with Crippen LogP contribution in [0.1, 0.15) is 84.0 Å². The van der Waals surface area contributed by atoms with Gasteiger partial charge in [0.15, 0.2) is 6.29 Å². The zero-order valence-corrected chi connectivity index (χ0v) is 13.7. The second-order valence-corrected chi connectivity index (χ2v) is 5.39. The summed E-state index contributed by atoms with van der Waals surface area (Å²) in [4.78, 5) is 19.8. The van der Waals surface area contributed by atoms with Gasteiger partial charge in [-0.1, -0.05) is 45.4 Å². The number of hydrogen-bond acceptors (Lipinski definition) is 4. The zero-order chi connectivity index (χ0) is 17.2. The number of carbonyl (C=O) groups is 2. The van der Waals surface area contributed by atoms with E-state index in [4.69, 9.17) is 20.4 Å². The first-order chi connectivity index (χ1) is 10.4. The Hall–Kier alpha value is -1.14. The highest BCUT2D eigenvalue weighted by atomic mass is 16.5. The van der Waals surface area contributed by atoms with E-state index >= 15 is 0 Å². The lowest BCUT2D eigenvalue weighted by Crippen LogP contribution is -2.02. The van der Waals surface area contributed by atoms with Crippen LogP contribution in [0.3, 0.4) is 0 Å². The molecular weight excluding hydrogens is 288 g/mol.